The van der Waals surface area contributed by atoms with Gasteiger partial charge in [0.15, 0.2) is 5.78 Å². The van der Waals surface area contributed by atoms with Gasteiger partial charge in [0.05, 0.1) is 20.3 Å². The van der Waals surface area contributed by atoms with Crippen LogP contribution >= 0.6 is 0 Å². The molecular weight excluding hydrogens is 254 g/mol. The van der Waals surface area contributed by atoms with Gasteiger partial charge in [-0.1, -0.05) is 12.1 Å². The number of hydrogen-bond donors (Lipinski definition) is 0. The molecule has 1 saturated carbocycles. The number of ketones is 1. The third kappa shape index (κ3) is 4.94. The van der Waals surface area contributed by atoms with E-state index in [-0.39, 0.29) is 5.78 Å². The highest BCUT2D eigenvalue weighted by Gasteiger charge is 2.21. The van der Waals surface area contributed by atoms with Crippen molar-refractivity contribution in [3.05, 3.63) is 29.8 Å². The highest BCUT2D eigenvalue weighted by molar-refractivity contribution is 5.97. The van der Waals surface area contributed by atoms with Gasteiger partial charge in [-0.15, -0.1) is 0 Å². The summed E-state index contributed by atoms with van der Waals surface area (Å²) in [4.78, 5) is 14.1. The molecule has 0 unspecified atom stereocenters. The van der Waals surface area contributed by atoms with Crippen LogP contribution in [0.15, 0.2) is 24.3 Å². The van der Waals surface area contributed by atoms with Gasteiger partial charge in [-0.2, -0.15) is 0 Å². The molecule has 2 rings (SSSR count). The van der Waals surface area contributed by atoms with Gasteiger partial charge in [0.25, 0.3) is 0 Å². The number of rotatable bonds is 9. The summed E-state index contributed by atoms with van der Waals surface area (Å²) in [6.45, 7) is 2.75. The van der Waals surface area contributed by atoms with E-state index in [0.29, 0.717) is 24.5 Å². The molecule has 0 spiro atoms. The van der Waals surface area contributed by atoms with E-state index in [9.17, 15) is 4.79 Å². The molecule has 0 heterocycles. The smallest absolute Gasteiger partial charge is 0.176 e. The molecule has 4 heteroatoms. The van der Waals surface area contributed by atoms with Crippen molar-refractivity contribution in [3.63, 3.8) is 0 Å². The van der Waals surface area contributed by atoms with Crippen molar-refractivity contribution in [1.29, 1.82) is 0 Å². The molecular formula is C16H23NO3. The Balaban J connectivity index is 1.71. The quantitative estimate of drug-likeness (QED) is 0.512. The van der Waals surface area contributed by atoms with Gasteiger partial charge in [-0.3, -0.25) is 9.69 Å². The summed E-state index contributed by atoms with van der Waals surface area (Å²) in [5, 5.41) is 0. The summed E-state index contributed by atoms with van der Waals surface area (Å²) in [7, 11) is 3.55. The Morgan fingerprint density at radius 1 is 1.40 bits per heavy atom. The second-order valence-corrected chi connectivity index (χ2v) is 5.41. The number of nitrogens with zero attached hydrogens (tertiary/aromatic N) is 1. The molecule has 0 aromatic heterocycles. The fraction of sp³-hybridized carbons (Fsp3) is 0.562. The minimum atomic E-state index is 0.105. The molecule has 0 N–H and O–H groups in total. The molecule has 1 fully saturated rings. The number of Topliss-reactive ketones (excluding diaryl/α,β-unsaturated/α-hetero) is 1. The molecule has 20 heavy (non-hydrogen) atoms. The van der Waals surface area contributed by atoms with Crippen LogP contribution in [-0.2, 0) is 4.74 Å². The molecule has 0 aliphatic heterocycles. The first-order valence-corrected chi connectivity index (χ1v) is 7.12. The van der Waals surface area contributed by atoms with Crippen molar-refractivity contribution in [2.45, 2.75) is 12.8 Å². The summed E-state index contributed by atoms with van der Waals surface area (Å²) >= 11 is 0. The maximum Gasteiger partial charge on any atom is 0.176 e. The SMILES string of the molecule is COc1cccc(C(=O)CN(C)CCOCC2CC2)c1. The zero-order valence-corrected chi connectivity index (χ0v) is 12.3. The monoisotopic (exact) mass is 277 g/mol. The summed E-state index contributed by atoms with van der Waals surface area (Å²) in [5.41, 5.74) is 0.690. The van der Waals surface area contributed by atoms with Gasteiger partial charge in [0.1, 0.15) is 5.75 Å². The number of likely N-dealkylation sites (N-methyl/N-ethyl adjacent to an activating group) is 1. The second-order valence-electron chi connectivity index (χ2n) is 5.41. The minimum Gasteiger partial charge on any atom is -0.497 e. The number of benzene rings is 1. The van der Waals surface area contributed by atoms with Crippen LogP contribution in [0.4, 0.5) is 0 Å². The third-order valence-electron chi connectivity index (χ3n) is 3.47. The van der Waals surface area contributed by atoms with E-state index in [1.807, 2.05) is 30.1 Å². The number of carbonyl (C=O) groups is 1. The molecule has 1 aliphatic carbocycles. The van der Waals surface area contributed by atoms with Gasteiger partial charge in [0.2, 0.25) is 0 Å². The number of methoxy groups -OCH3 is 1. The van der Waals surface area contributed by atoms with Crippen LogP contribution in [0.5, 0.6) is 5.75 Å². The number of ether oxygens (including phenoxy) is 2. The van der Waals surface area contributed by atoms with Crippen molar-refractivity contribution < 1.29 is 14.3 Å². The Bertz CT molecular complexity index is 443. The van der Waals surface area contributed by atoms with Crippen LogP contribution < -0.4 is 4.74 Å². The topological polar surface area (TPSA) is 38.8 Å². The van der Waals surface area contributed by atoms with E-state index < -0.39 is 0 Å². The average molecular weight is 277 g/mol. The Labute approximate surface area is 120 Å². The van der Waals surface area contributed by atoms with Crippen LogP contribution in [0.3, 0.4) is 0 Å². The lowest BCUT2D eigenvalue weighted by molar-refractivity contribution is 0.0860. The molecule has 1 aromatic carbocycles. The molecule has 0 saturated heterocycles. The fourth-order valence-corrected chi connectivity index (χ4v) is 1.97. The van der Waals surface area contributed by atoms with E-state index >= 15 is 0 Å². The van der Waals surface area contributed by atoms with Gasteiger partial charge < -0.3 is 9.47 Å². The maximum atomic E-state index is 12.1. The lowest BCUT2D eigenvalue weighted by atomic mass is 10.1. The van der Waals surface area contributed by atoms with E-state index in [1.165, 1.54) is 12.8 Å². The summed E-state index contributed by atoms with van der Waals surface area (Å²) in [6, 6.07) is 7.28. The van der Waals surface area contributed by atoms with Crippen LogP contribution in [-0.4, -0.2) is 51.1 Å². The van der Waals surface area contributed by atoms with Gasteiger partial charge in [-0.05, 0) is 37.9 Å². The van der Waals surface area contributed by atoms with Crippen LogP contribution in [0.1, 0.15) is 23.2 Å². The van der Waals surface area contributed by atoms with E-state index in [0.717, 1.165) is 19.1 Å². The van der Waals surface area contributed by atoms with Crippen molar-refractivity contribution >= 4 is 5.78 Å². The Kier molecular flexibility index (Phi) is 5.56. The lowest BCUT2D eigenvalue weighted by Gasteiger charge is -2.16. The lowest BCUT2D eigenvalue weighted by Crippen LogP contribution is -2.29. The Morgan fingerprint density at radius 3 is 2.90 bits per heavy atom. The third-order valence-corrected chi connectivity index (χ3v) is 3.47. The van der Waals surface area contributed by atoms with E-state index in [4.69, 9.17) is 9.47 Å². The zero-order valence-electron chi connectivity index (χ0n) is 12.3. The minimum absolute atomic E-state index is 0.105. The molecule has 110 valence electrons. The molecule has 0 bridgehead atoms. The van der Waals surface area contributed by atoms with Gasteiger partial charge >= 0.3 is 0 Å². The average Bonchev–Trinajstić information content (AvgIpc) is 3.28. The zero-order chi connectivity index (χ0) is 14.4. The molecule has 0 atom stereocenters. The largest absolute Gasteiger partial charge is 0.497 e. The Hall–Kier alpha value is -1.39. The van der Waals surface area contributed by atoms with Crippen LogP contribution in [0, 0.1) is 5.92 Å². The molecule has 0 radical (unpaired) electrons. The molecule has 1 aliphatic rings. The second kappa shape index (κ2) is 7.41. The predicted octanol–water partition coefficient (Wildman–Crippen LogP) is 2.24. The predicted molar refractivity (Wildman–Crippen MR) is 78.4 cm³/mol. The number of carbonyl (C=O) groups excluding carboxylic acids is 1. The van der Waals surface area contributed by atoms with Crippen molar-refractivity contribution in [3.8, 4) is 5.75 Å². The first-order chi connectivity index (χ1) is 9.69. The van der Waals surface area contributed by atoms with Crippen LogP contribution in [0.25, 0.3) is 0 Å². The van der Waals surface area contributed by atoms with Crippen molar-refractivity contribution in [1.82, 2.24) is 4.90 Å². The first kappa shape index (κ1) is 15.0. The van der Waals surface area contributed by atoms with Gasteiger partial charge in [0, 0.05) is 18.7 Å². The normalized spacial score (nSPS) is 14.6. The van der Waals surface area contributed by atoms with Gasteiger partial charge in [-0.25, -0.2) is 0 Å². The standard InChI is InChI=1S/C16H23NO3/c1-17(8-9-20-12-13-6-7-13)11-16(18)14-4-3-5-15(10-14)19-2/h3-5,10,13H,6-9,11-12H2,1-2H3. The van der Waals surface area contributed by atoms with E-state index in [2.05, 4.69) is 0 Å². The summed E-state index contributed by atoms with van der Waals surface area (Å²) in [6.07, 6.45) is 2.62. The highest BCUT2D eigenvalue weighted by atomic mass is 16.5. The maximum absolute atomic E-state index is 12.1. The van der Waals surface area contributed by atoms with Crippen molar-refractivity contribution in [2.75, 3.05) is 40.5 Å². The Morgan fingerprint density at radius 2 is 2.20 bits per heavy atom. The molecule has 1 aromatic rings. The summed E-state index contributed by atoms with van der Waals surface area (Å²) in [5.74, 6) is 1.61. The molecule has 4 nitrogen and oxygen atoms in total. The van der Waals surface area contributed by atoms with E-state index in [1.54, 1.807) is 13.2 Å². The highest BCUT2D eigenvalue weighted by Crippen LogP contribution is 2.28. The number of hydrogen-bond acceptors (Lipinski definition) is 4. The first-order valence-electron chi connectivity index (χ1n) is 7.12. The summed E-state index contributed by atoms with van der Waals surface area (Å²) < 4.78 is 10.7. The fourth-order valence-electron chi connectivity index (χ4n) is 1.97. The van der Waals surface area contributed by atoms with Crippen LogP contribution in [0.2, 0.25) is 0 Å². The van der Waals surface area contributed by atoms with Crippen molar-refractivity contribution in [2.24, 2.45) is 5.92 Å². The molecule has 0 amide bonds.